The van der Waals surface area contributed by atoms with Gasteiger partial charge in [0.15, 0.2) is 0 Å². The molecule has 0 atom stereocenters. The molecule has 0 aliphatic carbocycles. The smallest absolute Gasteiger partial charge is 0.475 e. The Morgan fingerprint density at radius 1 is 0.975 bits per heavy atom. The summed E-state index contributed by atoms with van der Waals surface area (Å²) in [6.07, 6.45) is -2.80. The third kappa shape index (κ3) is 9.82. The van der Waals surface area contributed by atoms with Gasteiger partial charge in [0.05, 0.1) is 24.3 Å². The van der Waals surface area contributed by atoms with Crippen LogP contribution in [0.1, 0.15) is 28.9 Å². The monoisotopic (exact) mass is 582 g/mol. The molecule has 1 spiro atoms. The number of pyridine rings is 1. The largest absolute Gasteiger partial charge is 0.490 e. The molecule has 2 saturated heterocycles. The summed E-state index contributed by atoms with van der Waals surface area (Å²) in [4.78, 5) is 39.0. The number of carbonyl (C=O) groups excluding carboxylic acids is 1. The van der Waals surface area contributed by atoms with Crippen LogP contribution in [-0.2, 0) is 27.9 Å². The number of carboxylic acids is 2. The predicted molar refractivity (Wildman–Crippen MR) is 126 cm³/mol. The summed E-state index contributed by atoms with van der Waals surface area (Å²) in [6, 6.07) is 7.91. The van der Waals surface area contributed by atoms with Gasteiger partial charge < -0.3 is 24.4 Å². The Bertz CT molecular complexity index is 1110. The molecule has 40 heavy (non-hydrogen) atoms. The Balaban J connectivity index is 0.000000333. The van der Waals surface area contributed by atoms with Gasteiger partial charge in [-0.25, -0.2) is 9.59 Å². The molecular weight excluding hydrogens is 554 g/mol. The number of rotatable bonds is 3. The van der Waals surface area contributed by atoms with E-state index in [1.165, 1.54) is 5.69 Å². The molecule has 2 N–H and O–H groups in total. The number of aliphatic carboxylic acids is 2. The van der Waals surface area contributed by atoms with Crippen molar-refractivity contribution < 1.29 is 55.7 Å². The zero-order valence-electron chi connectivity index (χ0n) is 21.3. The van der Waals surface area contributed by atoms with Crippen molar-refractivity contribution in [2.24, 2.45) is 7.05 Å². The molecule has 2 aromatic heterocycles. The topological polar surface area (TPSA) is 125 Å². The second-order valence-electron chi connectivity index (χ2n) is 8.99. The van der Waals surface area contributed by atoms with E-state index in [9.17, 15) is 31.1 Å². The fourth-order valence-corrected chi connectivity index (χ4v) is 4.00. The van der Waals surface area contributed by atoms with Gasteiger partial charge >= 0.3 is 24.3 Å². The maximum absolute atomic E-state index is 12.8. The van der Waals surface area contributed by atoms with E-state index in [0.717, 1.165) is 32.5 Å². The molecule has 0 radical (unpaired) electrons. The van der Waals surface area contributed by atoms with Crippen LogP contribution in [0.4, 0.5) is 26.3 Å². The second kappa shape index (κ2) is 13.6. The lowest BCUT2D eigenvalue weighted by molar-refractivity contribution is -0.193. The van der Waals surface area contributed by atoms with Gasteiger partial charge in [0.1, 0.15) is 0 Å². The number of nitrogens with zero attached hydrogens (tertiary/aromatic N) is 4. The molecule has 2 aromatic rings. The number of aryl methyl sites for hydroxylation is 1. The molecular formula is C24H28F6N4O6. The van der Waals surface area contributed by atoms with E-state index in [1.54, 1.807) is 12.4 Å². The van der Waals surface area contributed by atoms with Crippen molar-refractivity contribution in [1.82, 2.24) is 19.4 Å². The maximum Gasteiger partial charge on any atom is 0.490 e. The third-order valence-electron chi connectivity index (χ3n) is 6.13. The second-order valence-corrected chi connectivity index (χ2v) is 8.99. The number of aromatic nitrogens is 2. The summed E-state index contributed by atoms with van der Waals surface area (Å²) in [5, 5.41) is 14.2. The molecule has 1 amide bonds. The van der Waals surface area contributed by atoms with Crippen LogP contribution in [0.25, 0.3) is 0 Å². The van der Waals surface area contributed by atoms with Crippen molar-refractivity contribution in [2.75, 3.05) is 32.8 Å². The number of carbonyl (C=O) groups is 3. The van der Waals surface area contributed by atoms with E-state index >= 15 is 0 Å². The quantitative estimate of drug-likeness (QED) is 0.529. The number of ether oxygens (including phenoxy) is 1. The van der Waals surface area contributed by atoms with Crippen LogP contribution in [0.2, 0.25) is 0 Å². The summed E-state index contributed by atoms with van der Waals surface area (Å²) in [7, 11) is 2.09. The van der Waals surface area contributed by atoms with Crippen LogP contribution in [0.15, 0.2) is 42.9 Å². The van der Waals surface area contributed by atoms with E-state index in [4.69, 9.17) is 24.5 Å². The average Bonchev–Trinajstić information content (AvgIpc) is 3.29. The van der Waals surface area contributed by atoms with Crippen LogP contribution < -0.4 is 0 Å². The summed E-state index contributed by atoms with van der Waals surface area (Å²) >= 11 is 0. The first-order valence-electron chi connectivity index (χ1n) is 11.8. The van der Waals surface area contributed by atoms with Crippen molar-refractivity contribution in [2.45, 2.75) is 37.3 Å². The first kappa shape index (κ1) is 32.6. The first-order valence-corrected chi connectivity index (χ1v) is 11.8. The first-order chi connectivity index (χ1) is 18.5. The number of hydrogen-bond acceptors (Lipinski definition) is 6. The number of carboxylic acid groups (broad SMARTS) is 2. The van der Waals surface area contributed by atoms with Crippen molar-refractivity contribution in [1.29, 1.82) is 0 Å². The lowest BCUT2D eigenvalue weighted by Gasteiger charge is -2.47. The molecule has 2 aliphatic rings. The minimum Gasteiger partial charge on any atom is -0.475 e. The molecule has 4 heterocycles. The third-order valence-corrected chi connectivity index (χ3v) is 6.13. The average molecular weight is 582 g/mol. The summed E-state index contributed by atoms with van der Waals surface area (Å²) < 4.78 is 71.8. The standard InChI is InChI=1S/C20H26N4O2.2C2HF3O2/c1-22-9-3-5-18(22)15-23-10-6-20(7-11-23)16-24(12-13-26-20)19(25)17-4-2-8-21-14-17;2*3-2(4,5)1(6)7/h2-5,8-9,14H,6-7,10-13,15-16H2,1H3;2*(H,6,7). The molecule has 0 unspecified atom stereocenters. The number of hydrogen-bond donors (Lipinski definition) is 2. The number of likely N-dealkylation sites (tertiary alicyclic amines) is 1. The lowest BCUT2D eigenvalue weighted by Crippen LogP contribution is -2.57. The van der Waals surface area contributed by atoms with E-state index in [0.29, 0.717) is 25.3 Å². The number of alkyl halides is 6. The zero-order chi connectivity index (χ0) is 30.1. The van der Waals surface area contributed by atoms with Crippen molar-refractivity contribution in [3.8, 4) is 0 Å². The van der Waals surface area contributed by atoms with Crippen LogP contribution >= 0.6 is 0 Å². The van der Waals surface area contributed by atoms with Crippen LogP contribution in [-0.4, -0.2) is 98.1 Å². The fourth-order valence-electron chi connectivity index (χ4n) is 4.00. The van der Waals surface area contributed by atoms with Crippen LogP contribution in [0.3, 0.4) is 0 Å². The van der Waals surface area contributed by atoms with Gasteiger partial charge in [-0.05, 0) is 37.1 Å². The minimum absolute atomic E-state index is 0.0621. The number of halogens is 6. The van der Waals surface area contributed by atoms with Gasteiger partial charge in [0.2, 0.25) is 0 Å². The minimum atomic E-state index is -5.08. The SMILES string of the molecule is Cn1cccc1CN1CCC2(CC1)CN(C(=O)c1cccnc1)CCO2.O=C(O)C(F)(F)F.O=C(O)C(F)(F)F. The van der Waals surface area contributed by atoms with E-state index in [-0.39, 0.29) is 11.5 Å². The predicted octanol–water partition coefficient (Wildman–Crippen LogP) is 3.19. The Kier molecular flexibility index (Phi) is 11.1. The molecule has 2 fully saturated rings. The summed E-state index contributed by atoms with van der Waals surface area (Å²) in [6.45, 7) is 4.92. The molecule has 16 heteroatoms. The highest BCUT2D eigenvalue weighted by atomic mass is 19.4. The maximum atomic E-state index is 12.8. The van der Waals surface area contributed by atoms with Crippen LogP contribution in [0, 0.1) is 0 Å². The highest BCUT2D eigenvalue weighted by Gasteiger charge is 2.41. The normalized spacial score (nSPS) is 17.2. The Labute approximate surface area is 224 Å². The highest BCUT2D eigenvalue weighted by molar-refractivity contribution is 5.94. The highest BCUT2D eigenvalue weighted by Crippen LogP contribution is 2.31. The van der Waals surface area contributed by atoms with Gasteiger partial charge in [-0.1, -0.05) is 0 Å². The molecule has 2 aliphatic heterocycles. The van der Waals surface area contributed by atoms with E-state index < -0.39 is 24.3 Å². The summed E-state index contributed by atoms with van der Waals surface area (Å²) in [5.41, 5.74) is 1.80. The lowest BCUT2D eigenvalue weighted by atomic mass is 9.89. The fraction of sp³-hybridized carbons (Fsp3) is 0.500. The Morgan fingerprint density at radius 2 is 1.55 bits per heavy atom. The summed E-state index contributed by atoms with van der Waals surface area (Å²) in [5.74, 6) is -5.45. The molecule has 0 aromatic carbocycles. The van der Waals surface area contributed by atoms with Gasteiger partial charge in [0, 0.05) is 57.5 Å². The van der Waals surface area contributed by atoms with Gasteiger partial charge in [-0.2, -0.15) is 26.3 Å². The van der Waals surface area contributed by atoms with E-state index in [2.05, 4.69) is 39.8 Å². The van der Waals surface area contributed by atoms with Gasteiger partial charge in [0.25, 0.3) is 5.91 Å². The van der Waals surface area contributed by atoms with Crippen molar-refractivity contribution >= 4 is 17.8 Å². The van der Waals surface area contributed by atoms with Gasteiger partial charge in [-0.3, -0.25) is 14.7 Å². The Morgan fingerprint density at radius 3 is 2.00 bits per heavy atom. The molecule has 222 valence electrons. The van der Waals surface area contributed by atoms with Crippen molar-refractivity contribution in [3.63, 3.8) is 0 Å². The molecule has 0 bridgehead atoms. The zero-order valence-corrected chi connectivity index (χ0v) is 21.3. The van der Waals surface area contributed by atoms with Gasteiger partial charge in [-0.15, -0.1) is 0 Å². The Hall–Kier alpha value is -3.66. The molecule has 0 saturated carbocycles. The molecule has 10 nitrogen and oxygen atoms in total. The van der Waals surface area contributed by atoms with E-state index in [1.807, 2.05) is 17.0 Å². The number of amides is 1. The van der Waals surface area contributed by atoms with Crippen molar-refractivity contribution in [3.05, 3.63) is 54.1 Å². The molecule has 4 rings (SSSR count). The van der Waals surface area contributed by atoms with Crippen LogP contribution in [0.5, 0.6) is 0 Å². The number of morpholine rings is 1. The number of piperidine rings is 1.